The average molecular weight is 438 g/mol. The van der Waals surface area contributed by atoms with Crippen LogP contribution in [0.1, 0.15) is 5.69 Å². The Bertz CT molecular complexity index is 1110. The van der Waals surface area contributed by atoms with E-state index in [-0.39, 0.29) is 17.5 Å². The summed E-state index contributed by atoms with van der Waals surface area (Å²) < 4.78 is 1.96. The third kappa shape index (κ3) is 3.25. The fourth-order valence-corrected chi connectivity index (χ4v) is 4.17. The van der Waals surface area contributed by atoms with Crippen LogP contribution in [0.4, 0.5) is 5.69 Å². The zero-order valence-corrected chi connectivity index (χ0v) is 16.6. The van der Waals surface area contributed by atoms with E-state index in [0.29, 0.717) is 34.7 Å². The summed E-state index contributed by atoms with van der Waals surface area (Å²) in [6, 6.07) is 1.53. The van der Waals surface area contributed by atoms with E-state index in [9.17, 15) is 19.8 Å². The number of aliphatic hydroxyl groups excluding tert-OH is 2. The third-order valence-electron chi connectivity index (χ3n) is 4.96. The van der Waals surface area contributed by atoms with Crippen molar-refractivity contribution in [2.24, 2.45) is 0 Å². The summed E-state index contributed by atoms with van der Waals surface area (Å²) in [5, 5.41) is 29.1. The Morgan fingerprint density at radius 1 is 1.24 bits per heavy atom. The molecule has 0 aliphatic carbocycles. The van der Waals surface area contributed by atoms with Crippen LogP contribution in [0.2, 0.25) is 10.0 Å². The second kappa shape index (κ2) is 7.68. The minimum Gasteiger partial charge on any atom is -0.387 e. The van der Waals surface area contributed by atoms with E-state index < -0.39 is 19.1 Å². The summed E-state index contributed by atoms with van der Waals surface area (Å²) in [7, 11) is 0. The highest BCUT2D eigenvalue weighted by molar-refractivity contribution is 6.46. The molecule has 0 atom stereocenters. The van der Waals surface area contributed by atoms with Crippen LogP contribution >= 0.6 is 23.2 Å². The number of anilines is 1. The topological polar surface area (TPSA) is 123 Å². The van der Waals surface area contributed by atoms with E-state index in [0.717, 1.165) is 16.8 Å². The van der Waals surface area contributed by atoms with Gasteiger partial charge < -0.3 is 25.0 Å². The molecule has 3 aromatic rings. The average Bonchev–Trinajstić information content (AvgIpc) is 3.36. The maximum Gasteiger partial charge on any atom is 0.250 e. The fraction of sp³-hybridized carbons (Fsp3) is 0.278. The Morgan fingerprint density at radius 2 is 2.03 bits per heavy atom. The first-order chi connectivity index (χ1) is 14.0. The summed E-state index contributed by atoms with van der Waals surface area (Å²) in [5.74, 6) is -0.971. The van der Waals surface area contributed by atoms with Crippen LogP contribution in [0.25, 0.3) is 22.0 Å². The normalized spacial score (nSPS) is 13.6. The van der Waals surface area contributed by atoms with E-state index in [1.54, 1.807) is 17.3 Å². The molecule has 152 valence electrons. The maximum absolute atomic E-state index is 12.1. The number of hydrogen-bond donors (Lipinski definition) is 4. The Morgan fingerprint density at radius 3 is 2.69 bits per heavy atom. The molecule has 0 saturated heterocycles. The zero-order valence-electron chi connectivity index (χ0n) is 15.1. The molecular weight excluding hydrogens is 421 g/mol. The lowest BCUT2D eigenvalue weighted by Crippen LogP contribution is -2.39. The number of nitrogens with one attached hydrogen (secondary N) is 2. The minimum absolute atomic E-state index is 0.246. The first-order valence-corrected chi connectivity index (χ1v) is 9.53. The number of H-pyrrole nitrogens is 1. The van der Waals surface area contributed by atoms with Crippen molar-refractivity contribution in [1.82, 2.24) is 19.7 Å². The van der Waals surface area contributed by atoms with Gasteiger partial charge in [0.15, 0.2) is 0 Å². The van der Waals surface area contributed by atoms with Gasteiger partial charge in [-0.15, -0.1) is 0 Å². The lowest BCUT2D eigenvalue weighted by Gasteiger charge is -2.29. The molecule has 0 saturated carbocycles. The largest absolute Gasteiger partial charge is 0.387 e. The summed E-state index contributed by atoms with van der Waals surface area (Å²) in [6.45, 7) is -0.193. The zero-order chi connectivity index (χ0) is 20.7. The Balaban J connectivity index is 2.03. The number of aliphatic hydroxyl groups is 2. The molecule has 0 bridgehead atoms. The number of nitrogens with zero attached hydrogens (tertiary/aromatic N) is 3. The molecule has 1 aliphatic heterocycles. The molecule has 0 unspecified atom stereocenters. The van der Waals surface area contributed by atoms with Crippen molar-refractivity contribution in [2.75, 3.05) is 25.1 Å². The van der Waals surface area contributed by atoms with Crippen LogP contribution in [0.3, 0.4) is 0 Å². The highest BCUT2D eigenvalue weighted by Gasteiger charge is 2.30. The number of hydrogen-bond acceptors (Lipinski definition) is 5. The molecule has 29 heavy (non-hydrogen) atoms. The van der Waals surface area contributed by atoms with E-state index >= 15 is 0 Å². The Kier molecular flexibility index (Phi) is 5.22. The molecule has 4 N–H and O–H groups in total. The van der Waals surface area contributed by atoms with Crippen LogP contribution in [-0.2, 0) is 22.7 Å². The molecule has 1 aromatic carbocycles. The quantitative estimate of drug-likeness (QED) is 0.493. The number of aromatic amines is 1. The molecule has 1 aliphatic rings. The number of rotatable bonds is 4. The van der Waals surface area contributed by atoms with Gasteiger partial charge in [-0.2, -0.15) is 5.10 Å². The fourth-order valence-electron chi connectivity index (χ4n) is 3.72. The summed E-state index contributed by atoms with van der Waals surface area (Å²) in [5.41, 5.74) is 3.26. The molecule has 9 nitrogen and oxygen atoms in total. The van der Waals surface area contributed by atoms with E-state index in [2.05, 4.69) is 15.5 Å². The van der Waals surface area contributed by atoms with Crippen LogP contribution in [-0.4, -0.2) is 61.5 Å². The van der Waals surface area contributed by atoms with Crippen molar-refractivity contribution < 1.29 is 19.8 Å². The molecule has 3 heterocycles. The first kappa shape index (κ1) is 19.7. The number of amides is 2. The monoisotopic (exact) mass is 437 g/mol. The summed E-state index contributed by atoms with van der Waals surface area (Å²) in [4.78, 5) is 25.5. The van der Waals surface area contributed by atoms with Crippen molar-refractivity contribution in [3.63, 3.8) is 0 Å². The van der Waals surface area contributed by atoms with Crippen molar-refractivity contribution in [3.05, 3.63) is 34.2 Å². The molecule has 11 heteroatoms. The standard InChI is InChI=1S/C18H17Cl2N5O4/c19-10-3-11(23-13(28)7-26)16-15(9-4-21-22-5-9)12-6-24(14(29)8-27)1-2-25(12)18(16)17(10)20/h3-5,26-27H,1-2,6-8H2,(H,21,22)(H,23,28). The van der Waals surface area contributed by atoms with Crippen LogP contribution in [0.15, 0.2) is 18.5 Å². The van der Waals surface area contributed by atoms with E-state index in [4.69, 9.17) is 23.2 Å². The Hall–Kier alpha value is -2.59. The van der Waals surface area contributed by atoms with Crippen LogP contribution < -0.4 is 5.32 Å². The van der Waals surface area contributed by atoms with Crippen LogP contribution in [0, 0.1) is 0 Å². The second-order valence-corrected chi connectivity index (χ2v) is 7.37. The van der Waals surface area contributed by atoms with Gasteiger partial charge in [-0.1, -0.05) is 23.2 Å². The van der Waals surface area contributed by atoms with Gasteiger partial charge in [0.05, 0.1) is 34.0 Å². The van der Waals surface area contributed by atoms with Crippen molar-refractivity contribution in [3.8, 4) is 11.1 Å². The summed E-state index contributed by atoms with van der Waals surface area (Å²) in [6.07, 6.45) is 3.32. The molecule has 0 fully saturated rings. The Labute approximate surface area is 174 Å². The molecular formula is C18H17Cl2N5O4. The molecule has 4 rings (SSSR count). The van der Waals surface area contributed by atoms with Crippen molar-refractivity contribution in [2.45, 2.75) is 13.1 Å². The van der Waals surface area contributed by atoms with Gasteiger partial charge in [-0.05, 0) is 6.07 Å². The molecule has 2 amide bonds. The number of carbonyl (C=O) groups excluding carboxylic acids is 2. The summed E-state index contributed by atoms with van der Waals surface area (Å²) >= 11 is 12.9. The van der Waals surface area contributed by atoms with Gasteiger partial charge in [0.2, 0.25) is 11.8 Å². The van der Waals surface area contributed by atoms with Gasteiger partial charge in [-0.25, -0.2) is 0 Å². The van der Waals surface area contributed by atoms with Crippen molar-refractivity contribution in [1.29, 1.82) is 0 Å². The number of carbonyl (C=O) groups is 2. The predicted octanol–water partition coefficient (Wildman–Crippen LogP) is 1.60. The number of aromatic nitrogens is 3. The first-order valence-electron chi connectivity index (χ1n) is 8.77. The number of benzene rings is 1. The third-order valence-corrected chi connectivity index (χ3v) is 5.73. The number of halogens is 2. The minimum atomic E-state index is -0.685. The van der Waals surface area contributed by atoms with Gasteiger partial charge in [0, 0.05) is 41.5 Å². The van der Waals surface area contributed by atoms with E-state index in [1.165, 1.54) is 6.07 Å². The van der Waals surface area contributed by atoms with Crippen molar-refractivity contribution >= 4 is 51.6 Å². The molecule has 2 aromatic heterocycles. The highest BCUT2D eigenvalue weighted by atomic mass is 35.5. The van der Waals surface area contributed by atoms with E-state index in [1.807, 2.05) is 4.57 Å². The molecule has 0 radical (unpaired) electrons. The van der Waals surface area contributed by atoms with Gasteiger partial charge in [0.25, 0.3) is 0 Å². The second-order valence-electron chi connectivity index (χ2n) is 6.58. The lowest BCUT2D eigenvalue weighted by atomic mass is 10.0. The maximum atomic E-state index is 12.1. The lowest BCUT2D eigenvalue weighted by molar-refractivity contribution is -0.135. The number of fused-ring (bicyclic) bond motifs is 3. The highest BCUT2D eigenvalue weighted by Crippen LogP contribution is 2.46. The predicted molar refractivity (Wildman–Crippen MR) is 108 cm³/mol. The smallest absolute Gasteiger partial charge is 0.250 e. The van der Waals surface area contributed by atoms with Gasteiger partial charge >= 0.3 is 0 Å². The van der Waals surface area contributed by atoms with Crippen LogP contribution in [0.5, 0.6) is 0 Å². The van der Waals surface area contributed by atoms with Gasteiger partial charge in [-0.3, -0.25) is 14.7 Å². The SMILES string of the molecule is O=C(CO)Nc1cc(Cl)c(Cl)c2c1c(-c1cn[nH]c1)c1n2CCN(C(=O)CO)C1. The van der Waals surface area contributed by atoms with Gasteiger partial charge in [0.1, 0.15) is 13.2 Å². The molecule has 0 spiro atoms.